The van der Waals surface area contributed by atoms with Crippen LogP contribution in [-0.2, 0) is 13.0 Å². The van der Waals surface area contributed by atoms with Crippen LogP contribution in [0.5, 0.6) is 5.75 Å². The summed E-state index contributed by atoms with van der Waals surface area (Å²) in [7, 11) is 1.78. The standard InChI is InChI=1S/C29H30N2OS/c1-5-30-23-13-7-6-11-20(23)21-12-8-10-19(28(21)30)16-17-27-29(2,3)26-18-22-24(31(26)33-27)14-9-15-25(22)32-4/h6-17,26-27H,5,18H2,1-4H3. The number of aryl methyl sites for hydroxylation is 1. The van der Waals surface area contributed by atoms with Crippen LogP contribution in [0, 0.1) is 5.41 Å². The predicted octanol–water partition coefficient (Wildman–Crippen LogP) is 7.32. The minimum atomic E-state index is 0.149. The van der Waals surface area contributed by atoms with Gasteiger partial charge in [0.2, 0.25) is 0 Å². The van der Waals surface area contributed by atoms with Crippen LogP contribution in [0.4, 0.5) is 5.69 Å². The van der Waals surface area contributed by atoms with Crippen molar-refractivity contribution in [1.29, 1.82) is 0 Å². The molecule has 4 heteroatoms. The number of hydrogen-bond donors (Lipinski definition) is 0. The molecular weight excluding hydrogens is 424 g/mol. The van der Waals surface area contributed by atoms with Crippen molar-refractivity contribution >= 4 is 45.5 Å². The zero-order chi connectivity index (χ0) is 22.7. The Morgan fingerprint density at radius 3 is 2.64 bits per heavy atom. The van der Waals surface area contributed by atoms with Gasteiger partial charge in [-0.2, -0.15) is 0 Å². The first-order valence-electron chi connectivity index (χ1n) is 11.8. The monoisotopic (exact) mass is 454 g/mol. The second-order valence-electron chi connectivity index (χ2n) is 9.71. The first kappa shape index (κ1) is 20.7. The van der Waals surface area contributed by atoms with Gasteiger partial charge in [0, 0.05) is 40.2 Å². The third kappa shape index (κ3) is 2.96. The molecule has 1 aromatic heterocycles. The topological polar surface area (TPSA) is 17.4 Å². The quantitative estimate of drug-likeness (QED) is 0.301. The number of rotatable bonds is 4. The molecule has 3 aromatic carbocycles. The van der Waals surface area contributed by atoms with Crippen LogP contribution >= 0.6 is 11.9 Å². The number of nitrogens with zero attached hydrogens (tertiary/aromatic N) is 2. The summed E-state index contributed by atoms with van der Waals surface area (Å²) in [5.74, 6) is 1.02. The van der Waals surface area contributed by atoms with Gasteiger partial charge in [-0.1, -0.05) is 68.5 Å². The molecule has 2 aliphatic heterocycles. The molecule has 2 aliphatic rings. The van der Waals surface area contributed by atoms with Gasteiger partial charge in [-0.05, 0) is 42.6 Å². The minimum Gasteiger partial charge on any atom is -0.496 e. The maximum absolute atomic E-state index is 5.66. The molecule has 2 unspecified atom stereocenters. The van der Waals surface area contributed by atoms with E-state index in [9.17, 15) is 0 Å². The highest BCUT2D eigenvalue weighted by Crippen LogP contribution is 2.56. The lowest BCUT2D eigenvalue weighted by atomic mass is 9.79. The van der Waals surface area contributed by atoms with Crippen LogP contribution in [0.1, 0.15) is 31.9 Å². The summed E-state index contributed by atoms with van der Waals surface area (Å²) in [6, 6.07) is 22.4. The molecule has 3 heterocycles. The third-order valence-electron chi connectivity index (χ3n) is 7.65. The van der Waals surface area contributed by atoms with Gasteiger partial charge in [-0.25, -0.2) is 0 Å². The molecule has 0 aliphatic carbocycles. The Kier molecular flexibility index (Phi) is 4.77. The van der Waals surface area contributed by atoms with Crippen molar-refractivity contribution in [2.75, 3.05) is 11.4 Å². The summed E-state index contributed by atoms with van der Waals surface area (Å²) in [4.78, 5) is 0. The highest BCUT2D eigenvalue weighted by molar-refractivity contribution is 8.01. The number of anilines is 1. The number of ether oxygens (including phenoxy) is 1. The van der Waals surface area contributed by atoms with E-state index in [2.05, 4.69) is 102 Å². The largest absolute Gasteiger partial charge is 0.496 e. The third-order valence-corrected chi connectivity index (χ3v) is 9.32. The summed E-state index contributed by atoms with van der Waals surface area (Å²) in [5.41, 5.74) is 6.78. The maximum Gasteiger partial charge on any atom is 0.124 e. The molecule has 168 valence electrons. The molecule has 3 nitrogen and oxygen atoms in total. The molecule has 0 radical (unpaired) electrons. The lowest BCUT2D eigenvalue weighted by Crippen LogP contribution is -2.36. The molecule has 1 saturated heterocycles. The van der Waals surface area contributed by atoms with E-state index in [4.69, 9.17) is 4.74 Å². The number of para-hydroxylation sites is 2. The van der Waals surface area contributed by atoms with Crippen molar-refractivity contribution < 1.29 is 4.74 Å². The molecule has 0 saturated carbocycles. The van der Waals surface area contributed by atoms with E-state index in [0.717, 1.165) is 18.7 Å². The fourth-order valence-electron chi connectivity index (χ4n) is 5.82. The zero-order valence-electron chi connectivity index (χ0n) is 19.7. The van der Waals surface area contributed by atoms with Crippen molar-refractivity contribution in [3.63, 3.8) is 0 Å². The van der Waals surface area contributed by atoms with Crippen molar-refractivity contribution in [2.45, 2.75) is 45.0 Å². The van der Waals surface area contributed by atoms with Gasteiger partial charge in [-0.3, -0.25) is 0 Å². The molecule has 0 N–H and O–H groups in total. The zero-order valence-corrected chi connectivity index (χ0v) is 20.5. The SMILES string of the molecule is CCn1c2ccccc2c2cccc(C=CC3SN4c5cccc(OC)c5CC4C3(C)C)c21. The summed E-state index contributed by atoms with van der Waals surface area (Å²) >= 11 is 1.97. The van der Waals surface area contributed by atoms with Crippen LogP contribution in [0.15, 0.2) is 66.7 Å². The first-order chi connectivity index (χ1) is 16.0. The van der Waals surface area contributed by atoms with Crippen molar-refractivity contribution in [3.8, 4) is 5.75 Å². The van der Waals surface area contributed by atoms with E-state index in [1.54, 1.807) is 7.11 Å². The Bertz CT molecular complexity index is 1400. The van der Waals surface area contributed by atoms with Gasteiger partial charge >= 0.3 is 0 Å². The molecule has 0 spiro atoms. The summed E-state index contributed by atoms with van der Waals surface area (Å²) in [6.45, 7) is 8.04. The molecule has 0 amide bonds. The van der Waals surface area contributed by atoms with Crippen LogP contribution in [0.25, 0.3) is 27.9 Å². The Labute approximate surface area is 200 Å². The fourth-order valence-corrected chi connectivity index (χ4v) is 7.42. The van der Waals surface area contributed by atoms with E-state index < -0.39 is 0 Å². The minimum absolute atomic E-state index is 0.149. The van der Waals surface area contributed by atoms with Gasteiger partial charge in [0.25, 0.3) is 0 Å². The number of hydrogen-bond acceptors (Lipinski definition) is 3. The van der Waals surface area contributed by atoms with Crippen molar-refractivity contribution in [3.05, 3.63) is 77.9 Å². The smallest absolute Gasteiger partial charge is 0.124 e. The van der Waals surface area contributed by atoms with Crippen LogP contribution < -0.4 is 9.04 Å². The van der Waals surface area contributed by atoms with Crippen LogP contribution in [0.3, 0.4) is 0 Å². The van der Waals surface area contributed by atoms with Crippen LogP contribution in [-0.4, -0.2) is 23.0 Å². The Morgan fingerprint density at radius 2 is 1.82 bits per heavy atom. The molecule has 1 fully saturated rings. The Morgan fingerprint density at radius 1 is 1.03 bits per heavy atom. The van der Waals surface area contributed by atoms with E-state index in [1.165, 1.54) is 38.6 Å². The second-order valence-corrected chi connectivity index (χ2v) is 10.8. The highest BCUT2D eigenvalue weighted by atomic mass is 32.2. The molecule has 33 heavy (non-hydrogen) atoms. The second kappa shape index (κ2) is 7.59. The average Bonchev–Trinajstić information content (AvgIpc) is 3.45. The van der Waals surface area contributed by atoms with Crippen LogP contribution in [0.2, 0.25) is 0 Å². The molecule has 0 bridgehead atoms. The van der Waals surface area contributed by atoms with Gasteiger partial charge in [0.05, 0.1) is 29.6 Å². The lowest BCUT2D eigenvalue weighted by molar-refractivity contribution is 0.327. The molecule has 6 rings (SSSR count). The predicted molar refractivity (Wildman–Crippen MR) is 142 cm³/mol. The number of aromatic nitrogens is 1. The highest BCUT2D eigenvalue weighted by Gasteiger charge is 2.52. The van der Waals surface area contributed by atoms with E-state index in [-0.39, 0.29) is 5.41 Å². The molecule has 2 atom stereocenters. The Balaban J connectivity index is 1.39. The number of methoxy groups -OCH3 is 1. The molecular formula is C29H30N2OS. The summed E-state index contributed by atoms with van der Waals surface area (Å²) in [6.07, 6.45) is 5.85. The van der Waals surface area contributed by atoms with E-state index in [1.807, 2.05) is 11.9 Å². The first-order valence-corrected chi connectivity index (χ1v) is 12.7. The van der Waals surface area contributed by atoms with E-state index in [0.29, 0.717) is 11.3 Å². The summed E-state index contributed by atoms with van der Waals surface area (Å²) < 4.78 is 10.7. The normalized spacial score (nSPS) is 21.3. The van der Waals surface area contributed by atoms with Crippen molar-refractivity contribution in [1.82, 2.24) is 4.57 Å². The van der Waals surface area contributed by atoms with Gasteiger partial charge in [-0.15, -0.1) is 0 Å². The molecule has 4 aromatic rings. The van der Waals surface area contributed by atoms with Gasteiger partial charge < -0.3 is 13.6 Å². The number of benzene rings is 3. The maximum atomic E-state index is 5.66. The Hall–Kier alpha value is -2.85. The van der Waals surface area contributed by atoms with E-state index >= 15 is 0 Å². The van der Waals surface area contributed by atoms with Gasteiger partial charge in [0.15, 0.2) is 0 Å². The van der Waals surface area contributed by atoms with Gasteiger partial charge in [0.1, 0.15) is 5.75 Å². The lowest BCUT2D eigenvalue weighted by Gasteiger charge is -2.28. The number of fused-ring (bicyclic) bond motifs is 6. The van der Waals surface area contributed by atoms with Crippen molar-refractivity contribution in [2.24, 2.45) is 5.41 Å². The summed E-state index contributed by atoms with van der Waals surface area (Å²) in [5, 5.41) is 3.09. The average molecular weight is 455 g/mol. The fraction of sp³-hybridized carbons (Fsp3) is 0.310.